The molecule has 0 aliphatic rings. The van der Waals surface area contributed by atoms with E-state index in [-0.39, 0.29) is 12.1 Å². The van der Waals surface area contributed by atoms with Gasteiger partial charge in [0.25, 0.3) is 0 Å². The molecule has 0 amide bonds. The van der Waals surface area contributed by atoms with Crippen LogP contribution in [0.3, 0.4) is 0 Å². The Balaban J connectivity index is 2.60. The Morgan fingerprint density at radius 2 is 2.24 bits per heavy atom. The van der Waals surface area contributed by atoms with Crippen molar-refractivity contribution in [3.05, 3.63) is 12.2 Å². The first-order chi connectivity index (χ1) is 8.00. The fraction of sp³-hybridized carbons (Fsp3) is 0.833. The van der Waals surface area contributed by atoms with Crippen LogP contribution in [0.1, 0.15) is 39.9 Å². The molecule has 1 unspecified atom stereocenters. The fourth-order valence-corrected chi connectivity index (χ4v) is 1.51. The van der Waals surface area contributed by atoms with Crippen LogP contribution in [0.25, 0.3) is 0 Å². The summed E-state index contributed by atoms with van der Waals surface area (Å²) in [5, 5.41) is 16.9. The smallest absolute Gasteiger partial charge is 0.140 e. The lowest BCUT2D eigenvalue weighted by Crippen LogP contribution is -2.45. The standard InChI is InChI=1S/C12H24N4O/c1-5-12(4,8-17)14-6-11-13-9-15-16(11)7-10(2)3/h9-10,14,17H,5-8H2,1-4H3. The lowest BCUT2D eigenvalue weighted by molar-refractivity contribution is 0.167. The number of nitrogens with zero attached hydrogens (tertiary/aromatic N) is 3. The van der Waals surface area contributed by atoms with Crippen LogP contribution in [0.4, 0.5) is 0 Å². The van der Waals surface area contributed by atoms with Gasteiger partial charge < -0.3 is 10.4 Å². The monoisotopic (exact) mass is 240 g/mol. The minimum atomic E-state index is -0.241. The van der Waals surface area contributed by atoms with Crippen LogP contribution < -0.4 is 5.32 Å². The summed E-state index contributed by atoms with van der Waals surface area (Å²) in [7, 11) is 0. The molecule has 5 heteroatoms. The molecule has 0 aliphatic heterocycles. The third kappa shape index (κ3) is 4.09. The van der Waals surface area contributed by atoms with Crippen molar-refractivity contribution < 1.29 is 5.11 Å². The van der Waals surface area contributed by atoms with Crippen molar-refractivity contribution >= 4 is 0 Å². The molecule has 0 aliphatic carbocycles. The van der Waals surface area contributed by atoms with E-state index >= 15 is 0 Å². The molecule has 0 bridgehead atoms. The lowest BCUT2D eigenvalue weighted by atomic mass is 10.0. The molecule has 0 spiro atoms. The summed E-state index contributed by atoms with van der Waals surface area (Å²) in [6, 6.07) is 0. The minimum Gasteiger partial charge on any atom is -0.394 e. The molecule has 5 nitrogen and oxygen atoms in total. The molecule has 1 atom stereocenters. The zero-order chi connectivity index (χ0) is 12.9. The molecule has 1 heterocycles. The Labute approximate surface area is 103 Å². The molecule has 98 valence electrons. The van der Waals surface area contributed by atoms with Gasteiger partial charge in [-0.2, -0.15) is 5.10 Å². The predicted molar refractivity (Wildman–Crippen MR) is 67.5 cm³/mol. The Hall–Kier alpha value is -0.940. The molecule has 0 aromatic carbocycles. The number of rotatable bonds is 7. The summed E-state index contributed by atoms with van der Waals surface area (Å²) in [5.41, 5.74) is -0.241. The summed E-state index contributed by atoms with van der Waals surface area (Å²) in [6.07, 6.45) is 2.46. The van der Waals surface area contributed by atoms with Gasteiger partial charge in [-0.25, -0.2) is 9.67 Å². The molecule has 1 aromatic heterocycles. The van der Waals surface area contributed by atoms with E-state index in [1.54, 1.807) is 6.33 Å². The molecule has 0 fully saturated rings. The van der Waals surface area contributed by atoms with Crippen molar-refractivity contribution in [1.82, 2.24) is 20.1 Å². The van der Waals surface area contributed by atoms with Crippen LogP contribution in [0.2, 0.25) is 0 Å². The van der Waals surface area contributed by atoms with Crippen molar-refractivity contribution in [2.75, 3.05) is 6.61 Å². The van der Waals surface area contributed by atoms with Crippen molar-refractivity contribution in [2.24, 2.45) is 5.92 Å². The number of aliphatic hydroxyl groups is 1. The van der Waals surface area contributed by atoms with Gasteiger partial charge >= 0.3 is 0 Å². The molecular weight excluding hydrogens is 216 g/mol. The molecule has 2 N–H and O–H groups in total. The van der Waals surface area contributed by atoms with Gasteiger partial charge in [0.15, 0.2) is 0 Å². The lowest BCUT2D eigenvalue weighted by Gasteiger charge is -2.27. The molecule has 17 heavy (non-hydrogen) atoms. The SMILES string of the molecule is CCC(C)(CO)NCc1ncnn1CC(C)C. The molecule has 1 aromatic rings. The van der Waals surface area contributed by atoms with Crippen LogP contribution in [0.5, 0.6) is 0 Å². The average molecular weight is 240 g/mol. The Morgan fingerprint density at radius 3 is 2.76 bits per heavy atom. The maximum absolute atomic E-state index is 9.32. The third-order valence-corrected chi connectivity index (χ3v) is 3.04. The normalized spacial score (nSPS) is 15.2. The van der Waals surface area contributed by atoms with E-state index in [4.69, 9.17) is 0 Å². The van der Waals surface area contributed by atoms with Crippen LogP contribution in [0.15, 0.2) is 6.33 Å². The van der Waals surface area contributed by atoms with Gasteiger partial charge in [0.2, 0.25) is 0 Å². The topological polar surface area (TPSA) is 63.0 Å². The summed E-state index contributed by atoms with van der Waals surface area (Å²) >= 11 is 0. The summed E-state index contributed by atoms with van der Waals surface area (Å²) in [5.74, 6) is 1.47. The van der Waals surface area contributed by atoms with Crippen LogP contribution in [-0.4, -0.2) is 32.0 Å². The van der Waals surface area contributed by atoms with E-state index in [0.29, 0.717) is 12.5 Å². The maximum atomic E-state index is 9.32. The predicted octanol–water partition coefficient (Wildman–Crippen LogP) is 1.18. The number of hydrogen-bond acceptors (Lipinski definition) is 4. The molecular formula is C12H24N4O. The van der Waals surface area contributed by atoms with Crippen molar-refractivity contribution in [3.63, 3.8) is 0 Å². The fourth-order valence-electron chi connectivity index (χ4n) is 1.51. The Morgan fingerprint density at radius 1 is 1.53 bits per heavy atom. The Kier molecular flexibility index (Phi) is 5.08. The van der Waals surface area contributed by atoms with E-state index in [1.165, 1.54) is 0 Å². The minimum absolute atomic E-state index is 0.127. The van der Waals surface area contributed by atoms with Gasteiger partial charge in [0.1, 0.15) is 12.2 Å². The molecule has 0 saturated carbocycles. The first-order valence-corrected chi connectivity index (χ1v) is 6.23. The molecule has 0 radical (unpaired) electrons. The summed E-state index contributed by atoms with van der Waals surface area (Å²) < 4.78 is 1.92. The van der Waals surface area contributed by atoms with Gasteiger partial charge in [0.05, 0.1) is 13.2 Å². The van der Waals surface area contributed by atoms with Gasteiger partial charge in [-0.05, 0) is 19.3 Å². The van der Waals surface area contributed by atoms with E-state index in [9.17, 15) is 5.11 Å². The number of nitrogens with one attached hydrogen (secondary N) is 1. The van der Waals surface area contributed by atoms with Crippen LogP contribution in [0, 0.1) is 5.92 Å². The van der Waals surface area contributed by atoms with Crippen LogP contribution in [-0.2, 0) is 13.1 Å². The van der Waals surface area contributed by atoms with Crippen molar-refractivity contribution in [1.29, 1.82) is 0 Å². The molecule has 1 rings (SSSR count). The van der Waals surface area contributed by atoms with E-state index < -0.39 is 0 Å². The number of hydrogen-bond donors (Lipinski definition) is 2. The highest BCUT2D eigenvalue weighted by molar-refractivity contribution is 4.89. The first kappa shape index (κ1) is 14.1. The van der Waals surface area contributed by atoms with Crippen molar-refractivity contribution in [2.45, 2.75) is 52.7 Å². The Bertz CT molecular complexity index is 331. The highest BCUT2D eigenvalue weighted by Crippen LogP contribution is 2.09. The highest BCUT2D eigenvalue weighted by Gasteiger charge is 2.20. The van der Waals surface area contributed by atoms with Gasteiger partial charge in [-0.1, -0.05) is 20.8 Å². The molecule has 0 saturated heterocycles. The average Bonchev–Trinajstić information content (AvgIpc) is 2.72. The highest BCUT2D eigenvalue weighted by atomic mass is 16.3. The van der Waals surface area contributed by atoms with E-state index in [0.717, 1.165) is 18.8 Å². The zero-order valence-electron chi connectivity index (χ0n) is 11.3. The van der Waals surface area contributed by atoms with E-state index in [1.807, 2.05) is 11.6 Å². The second kappa shape index (κ2) is 6.12. The first-order valence-electron chi connectivity index (χ1n) is 6.23. The second-order valence-electron chi connectivity index (χ2n) is 5.18. The van der Waals surface area contributed by atoms with Crippen molar-refractivity contribution in [3.8, 4) is 0 Å². The second-order valence-corrected chi connectivity index (χ2v) is 5.18. The largest absolute Gasteiger partial charge is 0.394 e. The summed E-state index contributed by atoms with van der Waals surface area (Å²) in [4.78, 5) is 4.25. The third-order valence-electron chi connectivity index (χ3n) is 3.04. The van der Waals surface area contributed by atoms with Gasteiger partial charge in [-0.3, -0.25) is 0 Å². The van der Waals surface area contributed by atoms with Gasteiger partial charge in [0, 0.05) is 12.1 Å². The quantitative estimate of drug-likeness (QED) is 0.751. The summed E-state index contributed by atoms with van der Waals surface area (Å²) in [6.45, 7) is 10.0. The maximum Gasteiger partial charge on any atom is 0.140 e. The van der Waals surface area contributed by atoms with E-state index in [2.05, 4.69) is 36.2 Å². The van der Waals surface area contributed by atoms with Gasteiger partial charge in [-0.15, -0.1) is 0 Å². The zero-order valence-corrected chi connectivity index (χ0v) is 11.3. The number of aliphatic hydroxyl groups excluding tert-OH is 1. The van der Waals surface area contributed by atoms with Crippen LogP contribution >= 0.6 is 0 Å². The number of aromatic nitrogens is 3.